The molecule has 0 radical (unpaired) electrons. The van der Waals surface area contributed by atoms with Gasteiger partial charge in [0.2, 0.25) is 0 Å². The molecule has 1 atom stereocenters. The van der Waals surface area contributed by atoms with Gasteiger partial charge in [0, 0.05) is 6.42 Å². The lowest BCUT2D eigenvalue weighted by molar-refractivity contribution is -0.147. The summed E-state index contributed by atoms with van der Waals surface area (Å²) < 4.78 is 15.1. The van der Waals surface area contributed by atoms with Gasteiger partial charge in [-0.05, 0) is 25.3 Å². The Hall–Kier alpha value is -2.57. The van der Waals surface area contributed by atoms with E-state index in [4.69, 9.17) is 14.2 Å². The fourth-order valence-corrected chi connectivity index (χ4v) is 2.06. The summed E-state index contributed by atoms with van der Waals surface area (Å²) >= 11 is 0. The lowest BCUT2D eigenvalue weighted by atomic mass is 10.1. The maximum Gasteiger partial charge on any atom is 0.407 e. The van der Waals surface area contributed by atoms with Crippen molar-refractivity contribution in [3.63, 3.8) is 0 Å². The molecule has 0 aromatic heterocycles. The predicted molar refractivity (Wildman–Crippen MR) is 95.3 cm³/mol. The summed E-state index contributed by atoms with van der Waals surface area (Å²) in [4.78, 5) is 35.6. The third-order valence-electron chi connectivity index (χ3n) is 3.47. The summed E-state index contributed by atoms with van der Waals surface area (Å²) in [5.41, 5.74) is 0.875. The largest absolute Gasteiger partial charge is 0.464 e. The van der Waals surface area contributed by atoms with Crippen LogP contribution in [0.1, 0.15) is 45.1 Å². The first kappa shape index (κ1) is 21.5. The number of alkyl carbamates (subject to hydrolysis) is 1. The van der Waals surface area contributed by atoms with Crippen LogP contribution in [-0.2, 0) is 30.4 Å². The number of rotatable bonds is 11. The average Bonchev–Trinajstić information content (AvgIpc) is 2.64. The zero-order valence-corrected chi connectivity index (χ0v) is 15.4. The van der Waals surface area contributed by atoms with Gasteiger partial charge in [-0.15, -0.1) is 0 Å². The number of carbonyl (C=O) groups is 3. The first-order valence-electron chi connectivity index (χ1n) is 8.86. The van der Waals surface area contributed by atoms with Gasteiger partial charge >= 0.3 is 18.0 Å². The van der Waals surface area contributed by atoms with Crippen molar-refractivity contribution in [2.24, 2.45) is 0 Å². The smallest absolute Gasteiger partial charge is 0.407 e. The number of ether oxygens (including phenoxy) is 3. The van der Waals surface area contributed by atoms with Gasteiger partial charge < -0.3 is 19.5 Å². The number of hydrogen-bond acceptors (Lipinski definition) is 6. The molecule has 26 heavy (non-hydrogen) atoms. The summed E-state index contributed by atoms with van der Waals surface area (Å²) in [6.07, 6.45) is 0.987. The number of benzene rings is 1. The summed E-state index contributed by atoms with van der Waals surface area (Å²) in [6, 6.07) is 8.33. The van der Waals surface area contributed by atoms with E-state index >= 15 is 0 Å². The van der Waals surface area contributed by atoms with Gasteiger partial charge in [0.15, 0.2) is 0 Å². The van der Waals surface area contributed by atoms with Crippen molar-refractivity contribution in [1.82, 2.24) is 5.32 Å². The van der Waals surface area contributed by atoms with Gasteiger partial charge in [-0.3, -0.25) is 4.79 Å². The summed E-state index contributed by atoms with van der Waals surface area (Å²) in [6.45, 7) is 4.26. The highest BCUT2D eigenvalue weighted by molar-refractivity contribution is 5.82. The molecular weight excluding hydrogens is 338 g/mol. The van der Waals surface area contributed by atoms with E-state index < -0.39 is 24.1 Å². The molecule has 0 saturated heterocycles. The van der Waals surface area contributed by atoms with Crippen LogP contribution in [0.4, 0.5) is 4.79 Å². The van der Waals surface area contributed by atoms with Crippen LogP contribution in [-0.4, -0.2) is 37.3 Å². The van der Waals surface area contributed by atoms with Gasteiger partial charge in [0.25, 0.3) is 0 Å². The molecule has 1 rings (SSSR count). The minimum Gasteiger partial charge on any atom is -0.464 e. The molecule has 1 amide bonds. The molecule has 0 saturated carbocycles. The van der Waals surface area contributed by atoms with Crippen LogP contribution in [0.25, 0.3) is 0 Å². The highest BCUT2D eigenvalue weighted by atomic mass is 16.6. The highest BCUT2D eigenvalue weighted by Crippen LogP contribution is 2.06. The van der Waals surface area contributed by atoms with E-state index in [2.05, 4.69) is 5.32 Å². The van der Waals surface area contributed by atoms with Gasteiger partial charge in [-0.25, -0.2) is 9.59 Å². The summed E-state index contributed by atoms with van der Waals surface area (Å²) in [5, 5.41) is 2.45. The maximum atomic E-state index is 12.0. The van der Waals surface area contributed by atoms with Crippen molar-refractivity contribution < 1.29 is 28.6 Å². The van der Waals surface area contributed by atoms with Gasteiger partial charge in [-0.1, -0.05) is 43.7 Å². The van der Waals surface area contributed by atoms with Crippen LogP contribution >= 0.6 is 0 Å². The standard InChI is InChI=1S/C19H27NO6/c1-3-5-13-25-19(23)20-16(18(22)24-4-2)11-12-17(21)26-14-15-9-7-6-8-10-15/h6-10,16H,3-5,11-14H2,1-2H3,(H,20,23). The number of unbranched alkanes of at least 4 members (excludes halogenated alkanes) is 1. The van der Waals surface area contributed by atoms with E-state index in [0.29, 0.717) is 0 Å². The summed E-state index contributed by atoms with van der Waals surface area (Å²) in [7, 11) is 0. The van der Waals surface area contributed by atoms with Crippen molar-refractivity contribution in [3.05, 3.63) is 35.9 Å². The second-order valence-electron chi connectivity index (χ2n) is 5.62. The molecule has 1 aromatic carbocycles. The van der Waals surface area contributed by atoms with Crippen molar-refractivity contribution >= 4 is 18.0 Å². The molecule has 0 heterocycles. The molecule has 1 N–H and O–H groups in total. The van der Waals surface area contributed by atoms with Crippen LogP contribution in [0.5, 0.6) is 0 Å². The summed E-state index contributed by atoms with van der Waals surface area (Å²) in [5.74, 6) is -1.06. The van der Waals surface area contributed by atoms with E-state index in [-0.39, 0.29) is 32.7 Å². The molecule has 0 spiro atoms. The number of nitrogens with one attached hydrogen (secondary N) is 1. The number of esters is 2. The van der Waals surface area contributed by atoms with Gasteiger partial charge in [0.1, 0.15) is 12.6 Å². The molecule has 144 valence electrons. The first-order chi connectivity index (χ1) is 12.6. The van der Waals surface area contributed by atoms with Crippen LogP contribution < -0.4 is 5.32 Å². The molecule has 0 aliphatic carbocycles. The van der Waals surface area contributed by atoms with Crippen LogP contribution in [0.15, 0.2) is 30.3 Å². The Morgan fingerprint density at radius 3 is 2.42 bits per heavy atom. The number of carbonyl (C=O) groups excluding carboxylic acids is 3. The Morgan fingerprint density at radius 1 is 1.04 bits per heavy atom. The molecule has 0 aliphatic rings. The molecule has 1 aromatic rings. The third kappa shape index (κ3) is 9.05. The zero-order valence-electron chi connectivity index (χ0n) is 15.4. The van der Waals surface area contributed by atoms with Gasteiger partial charge in [0.05, 0.1) is 13.2 Å². The Bertz CT molecular complexity index is 560. The fraction of sp³-hybridized carbons (Fsp3) is 0.526. The SMILES string of the molecule is CCCCOC(=O)NC(CCC(=O)OCc1ccccc1)C(=O)OCC. The molecule has 7 heteroatoms. The fourth-order valence-electron chi connectivity index (χ4n) is 2.06. The second kappa shape index (κ2) is 12.7. The van der Waals surface area contributed by atoms with Crippen molar-refractivity contribution in [2.45, 2.75) is 52.2 Å². The van der Waals surface area contributed by atoms with Crippen LogP contribution in [0.3, 0.4) is 0 Å². The lowest BCUT2D eigenvalue weighted by Crippen LogP contribution is -2.42. The third-order valence-corrected chi connectivity index (χ3v) is 3.47. The van der Waals surface area contributed by atoms with E-state index in [9.17, 15) is 14.4 Å². The Morgan fingerprint density at radius 2 is 1.77 bits per heavy atom. The minimum atomic E-state index is -0.951. The highest BCUT2D eigenvalue weighted by Gasteiger charge is 2.24. The van der Waals surface area contributed by atoms with Gasteiger partial charge in [-0.2, -0.15) is 0 Å². The van der Waals surface area contributed by atoms with Crippen LogP contribution in [0.2, 0.25) is 0 Å². The van der Waals surface area contributed by atoms with E-state index in [1.54, 1.807) is 6.92 Å². The normalized spacial score (nSPS) is 11.3. The molecule has 0 bridgehead atoms. The lowest BCUT2D eigenvalue weighted by Gasteiger charge is -2.17. The minimum absolute atomic E-state index is 0.0223. The van der Waals surface area contributed by atoms with Crippen molar-refractivity contribution in [3.8, 4) is 0 Å². The molecule has 0 aliphatic heterocycles. The molecule has 1 unspecified atom stereocenters. The van der Waals surface area contributed by atoms with E-state index in [1.165, 1.54) is 0 Å². The Labute approximate surface area is 154 Å². The Kier molecular flexibility index (Phi) is 10.5. The molecule has 0 fully saturated rings. The molecular formula is C19H27NO6. The molecule has 7 nitrogen and oxygen atoms in total. The number of amides is 1. The second-order valence-corrected chi connectivity index (χ2v) is 5.62. The van der Waals surface area contributed by atoms with Crippen molar-refractivity contribution in [2.75, 3.05) is 13.2 Å². The predicted octanol–water partition coefficient (Wildman–Crippen LogP) is 2.97. The van der Waals surface area contributed by atoms with E-state index in [0.717, 1.165) is 18.4 Å². The van der Waals surface area contributed by atoms with Crippen molar-refractivity contribution in [1.29, 1.82) is 0 Å². The maximum absolute atomic E-state index is 12.0. The number of hydrogen-bond donors (Lipinski definition) is 1. The van der Waals surface area contributed by atoms with E-state index in [1.807, 2.05) is 37.3 Å². The topological polar surface area (TPSA) is 90.9 Å². The quantitative estimate of drug-likeness (QED) is 0.368. The average molecular weight is 365 g/mol. The Balaban J connectivity index is 2.44. The monoisotopic (exact) mass is 365 g/mol. The zero-order chi connectivity index (χ0) is 19.2. The van der Waals surface area contributed by atoms with Crippen LogP contribution in [0, 0.1) is 0 Å². The first-order valence-corrected chi connectivity index (χ1v) is 8.86.